The van der Waals surface area contributed by atoms with E-state index in [1.807, 2.05) is 37.3 Å². The number of halogens is 1. The van der Waals surface area contributed by atoms with Gasteiger partial charge in [-0.25, -0.2) is 4.98 Å². The van der Waals surface area contributed by atoms with Gasteiger partial charge in [-0.1, -0.05) is 59.8 Å². The second-order valence-corrected chi connectivity index (χ2v) is 8.71. The summed E-state index contributed by atoms with van der Waals surface area (Å²) in [6.45, 7) is 2.45. The molecule has 1 heterocycles. The third-order valence-electron chi connectivity index (χ3n) is 5.21. The molecule has 0 aliphatic carbocycles. The van der Waals surface area contributed by atoms with E-state index in [0.717, 1.165) is 11.1 Å². The van der Waals surface area contributed by atoms with E-state index < -0.39 is 0 Å². The molecule has 0 aliphatic heterocycles. The number of hydrogen-bond donors (Lipinski definition) is 1. The summed E-state index contributed by atoms with van der Waals surface area (Å²) in [5.74, 6) is 0.470. The second-order valence-electron chi connectivity index (χ2n) is 7.36. The van der Waals surface area contributed by atoms with Crippen molar-refractivity contribution in [1.29, 1.82) is 0 Å². The molecule has 3 aromatic carbocycles. The predicted octanol–water partition coefficient (Wildman–Crippen LogP) is 4.76. The van der Waals surface area contributed by atoms with Crippen molar-refractivity contribution in [2.24, 2.45) is 0 Å². The Morgan fingerprint density at radius 3 is 2.64 bits per heavy atom. The van der Waals surface area contributed by atoms with Gasteiger partial charge in [-0.2, -0.15) is 0 Å². The minimum absolute atomic E-state index is 0.112. The molecular formula is C25H22ClN3O3S. The Bertz CT molecular complexity index is 1390. The molecular weight excluding hydrogens is 458 g/mol. The molecule has 0 fully saturated rings. The molecule has 0 saturated carbocycles. The number of hydrogen-bond acceptors (Lipinski definition) is 5. The van der Waals surface area contributed by atoms with Gasteiger partial charge in [0.05, 0.1) is 34.5 Å². The minimum atomic E-state index is -0.232. The van der Waals surface area contributed by atoms with Crippen LogP contribution < -0.4 is 15.6 Å². The van der Waals surface area contributed by atoms with Gasteiger partial charge in [-0.15, -0.1) is 0 Å². The molecule has 4 aromatic rings. The maximum absolute atomic E-state index is 13.3. The van der Waals surface area contributed by atoms with Gasteiger partial charge >= 0.3 is 0 Å². The van der Waals surface area contributed by atoms with Crippen molar-refractivity contribution in [1.82, 2.24) is 14.9 Å². The highest BCUT2D eigenvalue weighted by Gasteiger charge is 2.16. The maximum atomic E-state index is 13.3. The number of ether oxygens (including phenoxy) is 1. The SMILES string of the molecule is COc1ccc(-n2c(SCC(=O)NCc3ccccc3C)nc3ccccc3c2=O)cc1Cl. The van der Waals surface area contributed by atoms with E-state index in [9.17, 15) is 9.59 Å². The number of benzene rings is 3. The topological polar surface area (TPSA) is 73.2 Å². The zero-order chi connectivity index (χ0) is 23.4. The number of thioether (sulfide) groups is 1. The zero-order valence-corrected chi connectivity index (χ0v) is 19.7. The van der Waals surface area contributed by atoms with E-state index in [1.54, 1.807) is 36.4 Å². The molecule has 0 spiro atoms. The summed E-state index contributed by atoms with van der Waals surface area (Å²) >= 11 is 7.51. The summed E-state index contributed by atoms with van der Waals surface area (Å²) in [4.78, 5) is 30.6. The lowest BCUT2D eigenvalue weighted by Gasteiger charge is -2.14. The third-order valence-corrected chi connectivity index (χ3v) is 6.44. The Morgan fingerprint density at radius 1 is 1.12 bits per heavy atom. The number of fused-ring (bicyclic) bond motifs is 1. The number of carbonyl (C=O) groups excluding carboxylic acids is 1. The average Bonchev–Trinajstić information content (AvgIpc) is 2.82. The van der Waals surface area contributed by atoms with E-state index >= 15 is 0 Å². The predicted molar refractivity (Wildman–Crippen MR) is 133 cm³/mol. The Kier molecular flexibility index (Phi) is 7.01. The number of carbonyl (C=O) groups is 1. The van der Waals surface area contributed by atoms with E-state index in [1.165, 1.54) is 23.4 Å². The smallest absolute Gasteiger partial charge is 0.266 e. The minimum Gasteiger partial charge on any atom is -0.495 e. The number of nitrogens with zero attached hydrogens (tertiary/aromatic N) is 2. The monoisotopic (exact) mass is 479 g/mol. The van der Waals surface area contributed by atoms with Gasteiger partial charge in [0.2, 0.25) is 5.91 Å². The van der Waals surface area contributed by atoms with Crippen molar-refractivity contribution in [3.8, 4) is 11.4 Å². The highest BCUT2D eigenvalue weighted by Crippen LogP contribution is 2.28. The van der Waals surface area contributed by atoms with Crippen molar-refractivity contribution in [3.63, 3.8) is 0 Å². The molecule has 33 heavy (non-hydrogen) atoms. The van der Waals surface area contributed by atoms with E-state index in [0.29, 0.717) is 39.1 Å². The first-order valence-electron chi connectivity index (χ1n) is 10.3. The van der Waals surface area contributed by atoms with Gasteiger partial charge in [0.1, 0.15) is 5.75 Å². The molecule has 1 aromatic heterocycles. The number of aryl methyl sites for hydroxylation is 1. The number of methoxy groups -OCH3 is 1. The van der Waals surface area contributed by atoms with Gasteiger partial charge < -0.3 is 10.1 Å². The van der Waals surface area contributed by atoms with Gasteiger partial charge in [0.25, 0.3) is 5.56 Å². The highest BCUT2D eigenvalue weighted by molar-refractivity contribution is 7.99. The van der Waals surface area contributed by atoms with Crippen molar-refractivity contribution < 1.29 is 9.53 Å². The van der Waals surface area contributed by atoms with Gasteiger partial charge in [0.15, 0.2) is 5.16 Å². The summed E-state index contributed by atoms with van der Waals surface area (Å²) in [5, 5.41) is 4.20. The molecule has 0 bridgehead atoms. The molecule has 1 amide bonds. The summed E-state index contributed by atoms with van der Waals surface area (Å²) in [6, 6.07) is 20.1. The van der Waals surface area contributed by atoms with E-state index in [-0.39, 0.29) is 17.2 Å². The van der Waals surface area contributed by atoms with E-state index in [2.05, 4.69) is 10.3 Å². The molecule has 0 atom stereocenters. The molecule has 4 rings (SSSR count). The number of amides is 1. The molecule has 0 unspecified atom stereocenters. The number of rotatable bonds is 7. The van der Waals surface area contributed by atoms with Crippen LogP contribution in [0.1, 0.15) is 11.1 Å². The van der Waals surface area contributed by atoms with Crippen LogP contribution in [0.3, 0.4) is 0 Å². The van der Waals surface area contributed by atoms with Crippen LogP contribution in [0, 0.1) is 6.92 Å². The fourth-order valence-electron chi connectivity index (χ4n) is 3.41. The van der Waals surface area contributed by atoms with Gasteiger partial charge in [-0.3, -0.25) is 14.2 Å². The molecule has 0 aliphatic rings. The molecule has 0 saturated heterocycles. The first-order valence-corrected chi connectivity index (χ1v) is 11.6. The van der Waals surface area contributed by atoms with Crippen molar-refractivity contribution in [2.45, 2.75) is 18.6 Å². The van der Waals surface area contributed by atoms with E-state index in [4.69, 9.17) is 16.3 Å². The summed E-state index contributed by atoms with van der Waals surface area (Å²) in [5.41, 5.74) is 3.06. The maximum Gasteiger partial charge on any atom is 0.266 e. The van der Waals surface area contributed by atoms with Crippen molar-refractivity contribution in [3.05, 3.63) is 93.2 Å². The summed E-state index contributed by atoms with van der Waals surface area (Å²) < 4.78 is 6.70. The Labute approximate surface area is 200 Å². The highest BCUT2D eigenvalue weighted by atomic mass is 35.5. The first-order chi connectivity index (χ1) is 16.0. The Hall–Kier alpha value is -3.29. The quantitative estimate of drug-likeness (QED) is 0.305. The zero-order valence-electron chi connectivity index (χ0n) is 18.2. The number of nitrogens with one attached hydrogen (secondary N) is 1. The second kappa shape index (κ2) is 10.1. The Balaban J connectivity index is 1.63. The first kappa shape index (κ1) is 22.9. The largest absolute Gasteiger partial charge is 0.495 e. The van der Waals surface area contributed by atoms with Crippen LogP contribution in [0.4, 0.5) is 0 Å². The molecule has 8 heteroatoms. The van der Waals surface area contributed by atoms with Crippen LogP contribution >= 0.6 is 23.4 Å². The fourth-order valence-corrected chi connectivity index (χ4v) is 4.51. The third kappa shape index (κ3) is 5.05. The average molecular weight is 480 g/mol. The van der Waals surface area contributed by atoms with Crippen LogP contribution in [0.5, 0.6) is 5.75 Å². The Morgan fingerprint density at radius 2 is 1.88 bits per heavy atom. The van der Waals surface area contributed by atoms with Crippen LogP contribution in [0.15, 0.2) is 76.7 Å². The molecule has 1 N–H and O–H groups in total. The summed E-state index contributed by atoms with van der Waals surface area (Å²) in [7, 11) is 1.53. The molecule has 0 radical (unpaired) electrons. The number of para-hydroxylation sites is 1. The van der Waals surface area contributed by atoms with Crippen molar-refractivity contribution in [2.75, 3.05) is 12.9 Å². The van der Waals surface area contributed by atoms with Crippen LogP contribution in [0.25, 0.3) is 16.6 Å². The van der Waals surface area contributed by atoms with Crippen molar-refractivity contribution >= 4 is 40.2 Å². The molecule has 6 nitrogen and oxygen atoms in total. The summed E-state index contributed by atoms with van der Waals surface area (Å²) in [6.07, 6.45) is 0. The van der Waals surface area contributed by atoms with Crippen LogP contribution in [-0.4, -0.2) is 28.3 Å². The lowest BCUT2D eigenvalue weighted by Crippen LogP contribution is -2.26. The van der Waals surface area contributed by atoms with Crippen LogP contribution in [-0.2, 0) is 11.3 Å². The lowest BCUT2D eigenvalue weighted by atomic mass is 10.1. The normalized spacial score (nSPS) is 10.9. The van der Waals surface area contributed by atoms with Gasteiger partial charge in [0, 0.05) is 6.54 Å². The fraction of sp³-hybridized carbons (Fsp3) is 0.160. The van der Waals surface area contributed by atoms with Gasteiger partial charge in [-0.05, 0) is 48.4 Å². The standard InChI is InChI=1S/C25H22ClN3O3S/c1-16-7-3-4-8-17(16)14-27-23(30)15-33-25-28-21-10-6-5-9-19(21)24(31)29(25)18-11-12-22(32-2)20(26)13-18/h3-13H,14-15H2,1-2H3,(H,27,30). The van der Waals surface area contributed by atoms with Crippen LogP contribution in [0.2, 0.25) is 5.02 Å². The molecule has 168 valence electrons. The number of aromatic nitrogens is 2. The lowest BCUT2D eigenvalue weighted by molar-refractivity contribution is -0.118.